The summed E-state index contributed by atoms with van der Waals surface area (Å²) in [4.78, 5) is 5.42. The molecule has 2 fully saturated rings. The van der Waals surface area contributed by atoms with Gasteiger partial charge in [-0.1, -0.05) is 51.8 Å². The van der Waals surface area contributed by atoms with E-state index in [1.807, 2.05) is 0 Å². The smallest absolute Gasteiger partial charge is 0.0874 e. The van der Waals surface area contributed by atoms with Gasteiger partial charge in [-0.3, -0.25) is 4.90 Å². The van der Waals surface area contributed by atoms with Crippen LogP contribution in [0.5, 0.6) is 0 Å². The van der Waals surface area contributed by atoms with Gasteiger partial charge in [0.15, 0.2) is 0 Å². The third-order valence-corrected chi connectivity index (χ3v) is 6.10. The summed E-state index contributed by atoms with van der Waals surface area (Å²) in [7, 11) is 2.37. The van der Waals surface area contributed by atoms with Crippen molar-refractivity contribution in [3.8, 4) is 0 Å². The molecule has 3 rings (SSSR count). The molecule has 128 valence electrons. The Hall–Kier alpha value is -1.02. The minimum atomic E-state index is 0.235. The first kappa shape index (κ1) is 16.8. The number of para-hydroxylation sites is 1. The lowest BCUT2D eigenvalue weighted by molar-refractivity contribution is 0.111. The Morgan fingerprint density at radius 2 is 1.65 bits per heavy atom. The summed E-state index contributed by atoms with van der Waals surface area (Å²) in [6.07, 6.45) is 6.14. The first-order valence-electron chi connectivity index (χ1n) is 9.38. The lowest BCUT2D eigenvalue weighted by atomic mass is 9.90. The Labute approximate surface area is 142 Å². The second-order valence-corrected chi connectivity index (χ2v) is 8.87. The van der Waals surface area contributed by atoms with Crippen molar-refractivity contribution in [2.45, 2.75) is 78.6 Å². The Morgan fingerprint density at radius 3 is 2.22 bits per heavy atom. The van der Waals surface area contributed by atoms with Crippen molar-refractivity contribution in [2.75, 3.05) is 11.9 Å². The van der Waals surface area contributed by atoms with E-state index in [1.54, 1.807) is 0 Å². The molecule has 0 aromatic heterocycles. The van der Waals surface area contributed by atoms with Crippen LogP contribution < -0.4 is 4.90 Å². The molecule has 1 aromatic carbocycles. The van der Waals surface area contributed by atoms with Crippen molar-refractivity contribution < 1.29 is 0 Å². The number of likely N-dealkylation sites (N-methyl/N-ethyl adjacent to an activating group) is 1. The number of nitrogens with zero attached hydrogens (tertiary/aromatic N) is 2. The lowest BCUT2D eigenvalue weighted by Gasteiger charge is -2.41. The van der Waals surface area contributed by atoms with E-state index in [0.717, 1.165) is 5.92 Å². The van der Waals surface area contributed by atoms with E-state index in [4.69, 9.17) is 0 Å². The van der Waals surface area contributed by atoms with Gasteiger partial charge < -0.3 is 4.90 Å². The maximum Gasteiger partial charge on any atom is 0.0874 e. The van der Waals surface area contributed by atoms with Crippen LogP contribution in [-0.2, 0) is 0 Å². The topological polar surface area (TPSA) is 6.48 Å². The second-order valence-electron chi connectivity index (χ2n) is 8.87. The number of anilines is 1. The molecule has 23 heavy (non-hydrogen) atoms. The van der Waals surface area contributed by atoms with E-state index in [0.29, 0.717) is 18.2 Å². The molecule has 1 aliphatic carbocycles. The quantitative estimate of drug-likeness (QED) is 0.752. The normalized spacial score (nSPS) is 30.3. The molecule has 1 aliphatic heterocycles. The number of hydrogen-bond acceptors (Lipinski definition) is 2. The molecule has 2 aliphatic rings. The highest BCUT2D eigenvalue weighted by Crippen LogP contribution is 2.45. The Balaban J connectivity index is 2.02. The van der Waals surface area contributed by atoms with Crippen molar-refractivity contribution in [3.63, 3.8) is 0 Å². The summed E-state index contributed by atoms with van der Waals surface area (Å²) < 4.78 is 0. The minimum absolute atomic E-state index is 0.235. The van der Waals surface area contributed by atoms with Crippen molar-refractivity contribution in [1.82, 2.24) is 4.90 Å². The molecule has 2 heteroatoms. The lowest BCUT2D eigenvalue weighted by Crippen LogP contribution is -2.48. The monoisotopic (exact) mass is 314 g/mol. The highest BCUT2D eigenvalue weighted by Gasteiger charge is 2.50. The van der Waals surface area contributed by atoms with Gasteiger partial charge in [-0.15, -0.1) is 0 Å². The Kier molecular flexibility index (Phi) is 4.48. The molecule has 1 saturated heterocycles. The first-order chi connectivity index (χ1) is 10.8. The van der Waals surface area contributed by atoms with E-state index in [1.165, 1.54) is 36.9 Å². The largest absolute Gasteiger partial charge is 0.351 e. The van der Waals surface area contributed by atoms with Gasteiger partial charge in [-0.25, -0.2) is 0 Å². The fourth-order valence-corrected chi connectivity index (χ4v) is 5.34. The molecule has 0 spiro atoms. The third kappa shape index (κ3) is 2.91. The van der Waals surface area contributed by atoms with Crippen LogP contribution in [0.3, 0.4) is 0 Å². The fraction of sp³-hybridized carbons (Fsp3) is 0.714. The van der Waals surface area contributed by atoms with Gasteiger partial charge in [0.05, 0.1) is 6.17 Å². The van der Waals surface area contributed by atoms with Crippen LogP contribution in [0.15, 0.2) is 24.3 Å². The zero-order valence-corrected chi connectivity index (χ0v) is 15.8. The molecule has 3 atom stereocenters. The van der Waals surface area contributed by atoms with E-state index in [9.17, 15) is 0 Å². The molecule has 0 amide bonds. The molecule has 2 nitrogen and oxygen atoms in total. The molecule has 1 saturated carbocycles. The summed E-state index contributed by atoms with van der Waals surface area (Å²) in [5.41, 5.74) is 3.06. The van der Waals surface area contributed by atoms with Crippen LogP contribution in [0.1, 0.15) is 58.9 Å². The minimum Gasteiger partial charge on any atom is -0.351 e. The van der Waals surface area contributed by atoms with Gasteiger partial charge in [0.1, 0.15) is 0 Å². The summed E-state index contributed by atoms with van der Waals surface area (Å²) in [6, 6.07) is 10.2. The van der Waals surface area contributed by atoms with Gasteiger partial charge in [0.25, 0.3) is 0 Å². The van der Waals surface area contributed by atoms with Gasteiger partial charge >= 0.3 is 0 Å². The maximum atomic E-state index is 2.72. The van der Waals surface area contributed by atoms with Crippen molar-refractivity contribution in [3.05, 3.63) is 29.8 Å². The zero-order chi connectivity index (χ0) is 16.8. The van der Waals surface area contributed by atoms with Gasteiger partial charge in [0.2, 0.25) is 0 Å². The molecular weight excluding hydrogens is 280 g/mol. The molecule has 0 bridgehead atoms. The van der Waals surface area contributed by atoms with E-state index in [2.05, 4.69) is 75.7 Å². The predicted octanol–water partition coefficient (Wildman–Crippen LogP) is 5.07. The number of aryl methyl sites for hydroxylation is 1. The van der Waals surface area contributed by atoms with Gasteiger partial charge in [-0.2, -0.15) is 0 Å². The highest BCUT2D eigenvalue weighted by atomic mass is 15.5. The van der Waals surface area contributed by atoms with Crippen LogP contribution in [0, 0.1) is 18.3 Å². The first-order valence-corrected chi connectivity index (χ1v) is 9.38. The Morgan fingerprint density at radius 1 is 1.04 bits per heavy atom. The second kappa shape index (κ2) is 6.12. The standard InChI is InChI=1S/C21H34N2/c1-15-11-7-10-14-18(15)23-16(2)19(17-12-8-9-13-17)22(6)20(23)21(3,4)5/h7,10-11,14,16-17,19-20H,8-9,12-13H2,1-6H3/t16-,19?,20?/m0/s1. The molecule has 1 aromatic rings. The average Bonchev–Trinajstić information content (AvgIpc) is 3.05. The number of benzene rings is 1. The van der Waals surface area contributed by atoms with Crippen LogP contribution in [0.4, 0.5) is 5.69 Å². The van der Waals surface area contributed by atoms with Crippen LogP contribution in [0.25, 0.3) is 0 Å². The van der Waals surface area contributed by atoms with Crippen LogP contribution >= 0.6 is 0 Å². The highest BCUT2D eigenvalue weighted by molar-refractivity contribution is 5.56. The molecular formula is C21H34N2. The van der Waals surface area contributed by atoms with Crippen LogP contribution in [0.2, 0.25) is 0 Å². The van der Waals surface area contributed by atoms with Gasteiger partial charge in [0, 0.05) is 17.8 Å². The maximum absolute atomic E-state index is 2.72. The number of hydrogen-bond donors (Lipinski definition) is 0. The molecule has 2 unspecified atom stereocenters. The van der Waals surface area contributed by atoms with E-state index >= 15 is 0 Å². The van der Waals surface area contributed by atoms with Crippen molar-refractivity contribution >= 4 is 5.69 Å². The molecule has 0 radical (unpaired) electrons. The fourth-order valence-electron chi connectivity index (χ4n) is 5.34. The van der Waals surface area contributed by atoms with Crippen LogP contribution in [-0.4, -0.2) is 30.2 Å². The number of rotatable bonds is 2. The summed E-state index contributed by atoms with van der Waals surface area (Å²) >= 11 is 0. The summed E-state index contributed by atoms with van der Waals surface area (Å²) in [5.74, 6) is 0.869. The average molecular weight is 315 g/mol. The third-order valence-electron chi connectivity index (χ3n) is 6.10. The SMILES string of the molecule is Cc1ccccc1N1C(C(C)(C)C)N(C)C(C2CCCC2)[C@@H]1C. The van der Waals surface area contributed by atoms with Crippen molar-refractivity contribution in [2.24, 2.45) is 11.3 Å². The molecule has 0 N–H and O–H groups in total. The Bertz CT molecular complexity index is 539. The predicted molar refractivity (Wildman–Crippen MR) is 99.9 cm³/mol. The molecule has 1 heterocycles. The zero-order valence-electron chi connectivity index (χ0n) is 15.8. The van der Waals surface area contributed by atoms with E-state index < -0.39 is 0 Å². The summed E-state index contributed by atoms with van der Waals surface area (Å²) in [6.45, 7) is 11.9. The van der Waals surface area contributed by atoms with Crippen molar-refractivity contribution in [1.29, 1.82) is 0 Å². The van der Waals surface area contributed by atoms with E-state index in [-0.39, 0.29) is 5.41 Å². The van der Waals surface area contributed by atoms with Gasteiger partial charge in [-0.05, 0) is 56.7 Å². The summed E-state index contributed by atoms with van der Waals surface area (Å²) in [5, 5.41) is 0.